The highest BCUT2D eigenvalue weighted by molar-refractivity contribution is 6.74. The molecule has 2 aromatic rings. The van der Waals surface area contributed by atoms with Gasteiger partial charge in [-0.3, -0.25) is 9.97 Å². The van der Waals surface area contributed by atoms with Gasteiger partial charge in [-0.05, 0) is 60.9 Å². The fourth-order valence-electron chi connectivity index (χ4n) is 7.34. The normalized spacial score (nSPS) is 25.6. The molecule has 2 unspecified atom stereocenters. The third-order valence-corrected chi connectivity index (χ3v) is 15.2. The molecule has 1 spiro atoms. The lowest BCUT2D eigenvalue weighted by molar-refractivity contribution is -0.141. The van der Waals surface area contributed by atoms with Crippen molar-refractivity contribution in [1.29, 1.82) is 0 Å². The van der Waals surface area contributed by atoms with Gasteiger partial charge in [0.1, 0.15) is 11.8 Å². The van der Waals surface area contributed by atoms with E-state index in [4.69, 9.17) is 23.6 Å². The second kappa shape index (κ2) is 11.1. The minimum Gasteiger partial charge on any atom is -0.410 e. The number of fused-ring (bicyclic) bond motifs is 4. The number of aromatic nitrogens is 2. The highest BCUT2D eigenvalue weighted by Gasteiger charge is 2.54. The van der Waals surface area contributed by atoms with Gasteiger partial charge in [0.15, 0.2) is 8.32 Å². The van der Waals surface area contributed by atoms with E-state index in [1.807, 2.05) is 0 Å². The van der Waals surface area contributed by atoms with Gasteiger partial charge in [0.2, 0.25) is 0 Å². The van der Waals surface area contributed by atoms with Crippen LogP contribution in [0.3, 0.4) is 0 Å². The first-order valence-electron chi connectivity index (χ1n) is 16.1. The summed E-state index contributed by atoms with van der Waals surface area (Å²) in [4.78, 5) is 9.38. The summed E-state index contributed by atoms with van der Waals surface area (Å²) >= 11 is 0. The molecule has 0 bridgehead atoms. The molecule has 242 valence electrons. The van der Waals surface area contributed by atoms with Crippen molar-refractivity contribution in [2.75, 3.05) is 26.4 Å². The quantitative estimate of drug-likeness (QED) is 0.315. The molecule has 3 aliphatic heterocycles. The first kappa shape index (κ1) is 32.1. The minimum atomic E-state index is -4.51. The summed E-state index contributed by atoms with van der Waals surface area (Å²) in [6.07, 6.45) is 0.857. The van der Waals surface area contributed by atoms with Crippen LogP contribution < -0.4 is 0 Å². The van der Waals surface area contributed by atoms with E-state index in [0.717, 1.165) is 59.8 Å². The molecule has 2 aromatic heterocycles. The number of hydrogen-bond donors (Lipinski definition) is 0. The molecule has 2 saturated heterocycles. The van der Waals surface area contributed by atoms with E-state index in [1.54, 1.807) is 0 Å². The maximum Gasteiger partial charge on any atom is 0.433 e. The summed E-state index contributed by atoms with van der Waals surface area (Å²) in [7, 11) is -2.19. The van der Waals surface area contributed by atoms with E-state index in [2.05, 4.69) is 52.7 Å². The number of nitrogens with zero attached hydrogens (tertiary/aromatic N) is 2. The molecule has 4 aliphatic rings. The van der Waals surface area contributed by atoms with Crippen molar-refractivity contribution in [3.8, 4) is 0 Å². The van der Waals surface area contributed by atoms with Gasteiger partial charge in [-0.25, -0.2) is 0 Å². The Morgan fingerprint density at radius 2 is 1.61 bits per heavy atom. The molecule has 6 nitrogen and oxygen atoms in total. The molecule has 1 aliphatic carbocycles. The summed E-state index contributed by atoms with van der Waals surface area (Å²) in [6.45, 7) is 18.4. The van der Waals surface area contributed by atoms with E-state index in [-0.39, 0.29) is 22.5 Å². The Labute approximate surface area is 260 Å². The summed E-state index contributed by atoms with van der Waals surface area (Å²) in [6, 6.07) is 2.60. The number of pyridine rings is 2. The number of rotatable bonds is 4. The monoisotopic (exact) mass is 632 g/mol. The van der Waals surface area contributed by atoms with Crippen LogP contribution in [0, 0.1) is 5.41 Å². The van der Waals surface area contributed by atoms with Crippen LogP contribution in [-0.4, -0.2) is 44.7 Å². The van der Waals surface area contributed by atoms with E-state index in [9.17, 15) is 13.2 Å². The molecule has 0 saturated carbocycles. The van der Waals surface area contributed by atoms with E-state index >= 15 is 0 Å². The predicted octanol–water partition coefficient (Wildman–Crippen LogP) is 8.55. The van der Waals surface area contributed by atoms with Crippen molar-refractivity contribution in [2.45, 2.75) is 121 Å². The summed E-state index contributed by atoms with van der Waals surface area (Å²) in [5.41, 5.74) is 4.51. The fraction of sp³-hybridized carbons (Fsp3) is 0.706. The van der Waals surface area contributed by atoms with Crippen LogP contribution in [0.4, 0.5) is 13.2 Å². The zero-order chi connectivity index (χ0) is 31.7. The van der Waals surface area contributed by atoms with Crippen LogP contribution >= 0.6 is 0 Å². The SMILES string of the molecule is CC1(C)Cc2nc(C3CCOCC3)c3c(c2C(O[Si](C)(C)C(C)(C)C)C1)C1(CCOCC1)OC3c1ccc(C(F)(F)F)nc1. The lowest BCUT2D eigenvalue weighted by atomic mass is 9.69. The average Bonchev–Trinajstić information content (AvgIpc) is 3.25. The van der Waals surface area contributed by atoms with Crippen molar-refractivity contribution in [3.63, 3.8) is 0 Å². The average molecular weight is 633 g/mol. The predicted molar refractivity (Wildman–Crippen MR) is 164 cm³/mol. The number of ether oxygens (including phenoxy) is 3. The molecule has 0 aromatic carbocycles. The number of alkyl halides is 3. The Hall–Kier alpha value is -1.85. The first-order valence-corrected chi connectivity index (χ1v) is 19.0. The topological polar surface area (TPSA) is 62.7 Å². The highest BCUT2D eigenvalue weighted by atomic mass is 28.4. The Bertz CT molecular complexity index is 1370. The number of halogens is 3. The zero-order valence-corrected chi connectivity index (χ0v) is 28.2. The molecule has 5 heterocycles. The molecular weight excluding hydrogens is 585 g/mol. The standard InChI is InChI=1S/C34H47F3N2O4Si/c1-31(2,3)44(6,7)43-24-19-32(4,5)18-23-26(24)28-27(29(39-23)21-10-14-40-15-11-21)30(42-33(28)12-16-41-17-13-33)22-8-9-25(38-20-22)34(35,36)37/h8-9,20-21,24,30H,10-19H2,1-7H3. The molecule has 2 atom stereocenters. The molecule has 6 rings (SSSR count). The zero-order valence-electron chi connectivity index (χ0n) is 27.2. The lowest BCUT2D eigenvalue weighted by Crippen LogP contribution is -2.45. The van der Waals surface area contributed by atoms with Gasteiger partial charge in [0, 0.05) is 73.8 Å². The van der Waals surface area contributed by atoms with Crippen LogP contribution in [0.2, 0.25) is 18.1 Å². The molecule has 0 N–H and O–H groups in total. The Morgan fingerprint density at radius 3 is 2.20 bits per heavy atom. The van der Waals surface area contributed by atoms with Crippen molar-refractivity contribution < 1.29 is 31.8 Å². The molecular formula is C34H47F3N2O4Si. The maximum absolute atomic E-state index is 13.5. The fourth-order valence-corrected chi connectivity index (χ4v) is 8.61. The maximum atomic E-state index is 13.5. The Kier molecular flexibility index (Phi) is 8.13. The number of hydrogen-bond acceptors (Lipinski definition) is 6. The molecule has 2 fully saturated rings. The Balaban J connectivity index is 1.60. The van der Waals surface area contributed by atoms with E-state index in [0.29, 0.717) is 44.8 Å². The van der Waals surface area contributed by atoms with Crippen LogP contribution in [0.1, 0.15) is 124 Å². The molecule has 44 heavy (non-hydrogen) atoms. The summed E-state index contributed by atoms with van der Waals surface area (Å²) < 4.78 is 66.6. The van der Waals surface area contributed by atoms with Crippen molar-refractivity contribution >= 4 is 8.32 Å². The molecule has 10 heteroatoms. The third-order valence-electron chi connectivity index (χ3n) is 10.7. The summed E-state index contributed by atoms with van der Waals surface area (Å²) in [5.74, 6) is 0.177. The Morgan fingerprint density at radius 1 is 0.955 bits per heavy atom. The van der Waals surface area contributed by atoms with Gasteiger partial charge in [-0.2, -0.15) is 13.2 Å². The van der Waals surface area contributed by atoms with Crippen molar-refractivity contribution in [1.82, 2.24) is 9.97 Å². The second-order valence-corrected chi connectivity index (χ2v) is 20.3. The van der Waals surface area contributed by atoms with Gasteiger partial charge in [0.05, 0.1) is 17.4 Å². The van der Waals surface area contributed by atoms with Gasteiger partial charge < -0.3 is 18.6 Å². The minimum absolute atomic E-state index is 0.00668. The molecule has 0 amide bonds. The lowest BCUT2D eigenvalue weighted by Gasteiger charge is -2.46. The van der Waals surface area contributed by atoms with Crippen LogP contribution in [-0.2, 0) is 36.8 Å². The van der Waals surface area contributed by atoms with Gasteiger partial charge in [0.25, 0.3) is 0 Å². The van der Waals surface area contributed by atoms with Crippen molar-refractivity contribution in [3.05, 3.63) is 57.7 Å². The van der Waals surface area contributed by atoms with E-state index < -0.39 is 31.9 Å². The van der Waals surface area contributed by atoms with Gasteiger partial charge in [-0.15, -0.1) is 0 Å². The highest BCUT2D eigenvalue weighted by Crippen LogP contribution is 2.59. The van der Waals surface area contributed by atoms with Crippen molar-refractivity contribution in [2.24, 2.45) is 5.41 Å². The van der Waals surface area contributed by atoms with Crippen LogP contribution in [0.25, 0.3) is 0 Å². The smallest absolute Gasteiger partial charge is 0.410 e. The third kappa shape index (κ3) is 5.78. The van der Waals surface area contributed by atoms with E-state index in [1.165, 1.54) is 12.3 Å². The van der Waals surface area contributed by atoms with Gasteiger partial charge >= 0.3 is 6.18 Å². The summed E-state index contributed by atoms with van der Waals surface area (Å²) in [5, 5.41) is 0.0225. The van der Waals surface area contributed by atoms with Gasteiger partial charge in [-0.1, -0.05) is 40.7 Å². The van der Waals surface area contributed by atoms with Crippen LogP contribution in [0.5, 0.6) is 0 Å². The largest absolute Gasteiger partial charge is 0.433 e. The second-order valence-electron chi connectivity index (χ2n) is 15.5. The van der Waals surface area contributed by atoms with Crippen LogP contribution in [0.15, 0.2) is 18.3 Å². The molecule has 0 radical (unpaired) electrons. The first-order chi connectivity index (χ1) is 20.5.